The predicted octanol–water partition coefficient (Wildman–Crippen LogP) is 2.02. The SMILES string of the molecule is N#CC[C@H](N)c1cc(F)c(F)cc1F. The van der Waals surface area contributed by atoms with Crippen LogP contribution < -0.4 is 5.73 Å². The molecule has 1 rings (SSSR count). The molecule has 1 aromatic carbocycles. The van der Waals surface area contributed by atoms with Crippen LogP contribution in [-0.4, -0.2) is 0 Å². The van der Waals surface area contributed by atoms with Gasteiger partial charge in [0.2, 0.25) is 0 Å². The molecular formula is C9H7F3N2. The van der Waals surface area contributed by atoms with Gasteiger partial charge in [0.15, 0.2) is 11.6 Å². The Morgan fingerprint density at radius 3 is 2.36 bits per heavy atom. The number of nitriles is 1. The predicted molar refractivity (Wildman–Crippen MR) is 43.5 cm³/mol. The van der Waals surface area contributed by atoms with Gasteiger partial charge in [0.05, 0.1) is 12.5 Å². The molecule has 0 radical (unpaired) electrons. The van der Waals surface area contributed by atoms with Crippen LogP contribution in [0.5, 0.6) is 0 Å². The molecule has 2 nitrogen and oxygen atoms in total. The summed E-state index contributed by atoms with van der Waals surface area (Å²) in [6.07, 6.45) is -0.151. The highest BCUT2D eigenvalue weighted by atomic mass is 19.2. The summed E-state index contributed by atoms with van der Waals surface area (Å²) in [7, 11) is 0. The number of rotatable bonds is 2. The second kappa shape index (κ2) is 4.11. The van der Waals surface area contributed by atoms with E-state index in [0.29, 0.717) is 12.1 Å². The monoisotopic (exact) mass is 200 g/mol. The highest BCUT2D eigenvalue weighted by Crippen LogP contribution is 2.20. The lowest BCUT2D eigenvalue weighted by molar-refractivity contribution is 0.485. The molecule has 5 heteroatoms. The molecular weight excluding hydrogens is 193 g/mol. The average Bonchev–Trinajstić information content (AvgIpc) is 2.11. The highest BCUT2D eigenvalue weighted by Gasteiger charge is 2.15. The summed E-state index contributed by atoms with van der Waals surface area (Å²) < 4.78 is 38.2. The summed E-state index contributed by atoms with van der Waals surface area (Å²) in [5.74, 6) is -3.38. The minimum Gasteiger partial charge on any atom is -0.323 e. The van der Waals surface area contributed by atoms with Crippen molar-refractivity contribution < 1.29 is 13.2 Å². The molecule has 0 spiro atoms. The first-order chi connectivity index (χ1) is 6.56. The van der Waals surface area contributed by atoms with Crippen LogP contribution in [0.1, 0.15) is 18.0 Å². The Morgan fingerprint density at radius 1 is 1.21 bits per heavy atom. The second-order valence-corrected chi connectivity index (χ2v) is 2.76. The number of hydrogen-bond acceptors (Lipinski definition) is 2. The Bertz CT molecular complexity index is 384. The van der Waals surface area contributed by atoms with Crippen LogP contribution in [0, 0.1) is 28.8 Å². The molecule has 0 aromatic heterocycles. The fraction of sp³-hybridized carbons (Fsp3) is 0.222. The van der Waals surface area contributed by atoms with E-state index in [2.05, 4.69) is 0 Å². The molecule has 0 saturated heterocycles. The lowest BCUT2D eigenvalue weighted by atomic mass is 10.0. The van der Waals surface area contributed by atoms with Gasteiger partial charge in [-0.05, 0) is 6.07 Å². The van der Waals surface area contributed by atoms with Crippen molar-refractivity contribution in [1.29, 1.82) is 5.26 Å². The highest BCUT2D eigenvalue weighted by molar-refractivity contribution is 5.23. The zero-order valence-corrected chi connectivity index (χ0v) is 7.10. The van der Waals surface area contributed by atoms with Crippen molar-refractivity contribution in [3.8, 4) is 6.07 Å². The molecule has 1 atom stereocenters. The molecule has 0 aliphatic carbocycles. The number of nitrogens with zero attached hydrogens (tertiary/aromatic N) is 1. The van der Waals surface area contributed by atoms with E-state index in [0.717, 1.165) is 0 Å². The summed E-state index contributed by atoms with van der Waals surface area (Å²) in [5, 5.41) is 8.29. The molecule has 0 heterocycles. The molecule has 0 aliphatic rings. The van der Waals surface area contributed by atoms with E-state index in [1.165, 1.54) is 0 Å². The number of hydrogen-bond donors (Lipinski definition) is 1. The maximum Gasteiger partial charge on any atom is 0.161 e. The Hall–Kier alpha value is -1.54. The fourth-order valence-corrected chi connectivity index (χ4v) is 1.03. The molecule has 0 unspecified atom stereocenters. The van der Waals surface area contributed by atoms with Crippen LogP contribution >= 0.6 is 0 Å². The van der Waals surface area contributed by atoms with Crippen molar-refractivity contribution in [1.82, 2.24) is 0 Å². The minimum absolute atomic E-state index is 0.151. The molecule has 0 bridgehead atoms. The smallest absolute Gasteiger partial charge is 0.161 e. The van der Waals surface area contributed by atoms with Gasteiger partial charge in [-0.3, -0.25) is 0 Å². The Morgan fingerprint density at radius 2 is 1.79 bits per heavy atom. The fourth-order valence-electron chi connectivity index (χ4n) is 1.03. The molecule has 0 fully saturated rings. The molecule has 2 N–H and O–H groups in total. The molecule has 1 aromatic rings. The van der Waals surface area contributed by atoms with Gasteiger partial charge in [-0.15, -0.1) is 0 Å². The lowest BCUT2D eigenvalue weighted by Crippen LogP contribution is -2.12. The van der Waals surface area contributed by atoms with Gasteiger partial charge in [0.1, 0.15) is 5.82 Å². The minimum atomic E-state index is -1.27. The van der Waals surface area contributed by atoms with Crippen molar-refractivity contribution >= 4 is 0 Å². The quantitative estimate of drug-likeness (QED) is 0.742. The van der Waals surface area contributed by atoms with Crippen LogP contribution in [-0.2, 0) is 0 Å². The summed E-state index contributed by atoms with van der Waals surface area (Å²) in [6, 6.07) is 1.88. The van der Waals surface area contributed by atoms with E-state index in [1.807, 2.05) is 0 Å². The molecule has 14 heavy (non-hydrogen) atoms. The second-order valence-electron chi connectivity index (χ2n) is 2.76. The van der Waals surface area contributed by atoms with Gasteiger partial charge in [0.25, 0.3) is 0 Å². The number of halogens is 3. The molecule has 0 amide bonds. The first kappa shape index (κ1) is 10.5. The van der Waals surface area contributed by atoms with E-state index in [4.69, 9.17) is 11.0 Å². The van der Waals surface area contributed by atoms with Crippen molar-refractivity contribution in [3.05, 3.63) is 35.1 Å². The van der Waals surface area contributed by atoms with E-state index in [-0.39, 0.29) is 12.0 Å². The van der Waals surface area contributed by atoms with Crippen LogP contribution in [0.2, 0.25) is 0 Å². The average molecular weight is 200 g/mol. The van der Waals surface area contributed by atoms with Gasteiger partial charge in [-0.1, -0.05) is 0 Å². The van der Waals surface area contributed by atoms with Gasteiger partial charge in [-0.25, -0.2) is 13.2 Å². The third kappa shape index (κ3) is 2.03. The van der Waals surface area contributed by atoms with E-state index in [1.54, 1.807) is 6.07 Å². The first-order valence-electron chi connectivity index (χ1n) is 3.83. The maximum atomic E-state index is 13.0. The largest absolute Gasteiger partial charge is 0.323 e. The lowest BCUT2D eigenvalue weighted by Gasteiger charge is -2.09. The summed E-state index contributed by atoms with van der Waals surface area (Å²) in [6.45, 7) is 0. The van der Waals surface area contributed by atoms with Gasteiger partial charge >= 0.3 is 0 Å². The van der Waals surface area contributed by atoms with E-state index >= 15 is 0 Å². The zero-order valence-electron chi connectivity index (χ0n) is 7.10. The normalized spacial score (nSPS) is 12.2. The van der Waals surface area contributed by atoms with Gasteiger partial charge in [0, 0.05) is 17.7 Å². The van der Waals surface area contributed by atoms with Crippen molar-refractivity contribution in [3.63, 3.8) is 0 Å². The van der Waals surface area contributed by atoms with Gasteiger partial charge < -0.3 is 5.73 Å². The zero-order chi connectivity index (χ0) is 10.7. The first-order valence-corrected chi connectivity index (χ1v) is 3.83. The third-order valence-corrected chi connectivity index (χ3v) is 1.75. The molecule has 74 valence electrons. The van der Waals surface area contributed by atoms with Crippen LogP contribution in [0.3, 0.4) is 0 Å². The maximum absolute atomic E-state index is 13.0. The molecule has 0 saturated carbocycles. The van der Waals surface area contributed by atoms with Gasteiger partial charge in [-0.2, -0.15) is 5.26 Å². The van der Waals surface area contributed by atoms with Crippen LogP contribution in [0.25, 0.3) is 0 Å². The summed E-state index contributed by atoms with van der Waals surface area (Å²) in [4.78, 5) is 0. The topological polar surface area (TPSA) is 49.8 Å². The number of benzene rings is 1. The standard InChI is InChI=1S/C9H7F3N2/c10-6-4-8(12)7(11)3-5(6)9(14)1-2-13/h3-4,9H,1,14H2/t9-/m0/s1. The Labute approximate surface area is 78.8 Å². The van der Waals surface area contributed by atoms with Crippen molar-refractivity contribution in [2.24, 2.45) is 5.73 Å². The third-order valence-electron chi connectivity index (χ3n) is 1.75. The van der Waals surface area contributed by atoms with Crippen LogP contribution in [0.4, 0.5) is 13.2 Å². The van der Waals surface area contributed by atoms with E-state index in [9.17, 15) is 13.2 Å². The Kier molecular flexibility index (Phi) is 3.10. The van der Waals surface area contributed by atoms with Crippen molar-refractivity contribution in [2.45, 2.75) is 12.5 Å². The summed E-state index contributed by atoms with van der Waals surface area (Å²) >= 11 is 0. The number of nitrogens with two attached hydrogens (primary N) is 1. The summed E-state index contributed by atoms with van der Waals surface area (Å²) in [5.41, 5.74) is 5.18. The van der Waals surface area contributed by atoms with Crippen molar-refractivity contribution in [2.75, 3.05) is 0 Å². The van der Waals surface area contributed by atoms with E-state index < -0.39 is 23.5 Å². The van der Waals surface area contributed by atoms with Crippen LogP contribution in [0.15, 0.2) is 12.1 Å². The Balaban J connectivity index is 3.10. The molecule has 0 aliphatic heterocycles.